The Morgan fingerprint density at radius 3 is 2.62 bits per heavy atom. The normalized spacial score (nSPS) is 11.5. The first kappa shape index (κ1) is 17.9. The largest absolute Gasteiger partial charge is 0.416 e. The van der Waals surface area contributed by atoms with Crippen LogP contribution in [-0.2, 0) is 17.5 Å². The highest BCUT2D eigenvalue weighted by Gasteiger charge is 2.30. The average molecular weight is 363 g/mol. The van der Waals surface area contributed by atoms with Crippen LogP contribution in [0.3, 0.4) is 0 Å². The van der Waals surface area contributed by atoms with E-state index >= 15 is 0 Å². The van der Waals surface area contributed by atoms with Gasteiger partial charge in [0.1, 0.15) is 0 Å². The monoisotopic (exact) mass is 363 g/mol. The first-order valence-electron chi connectivity index (χ1n) is 7.76. The Morgan fingerprint density at radius 2 is 1.92 bits per heavy atom. The molecule has 3 rings (SSSR count). The van der Waals surface area contributed by atoms with Gasteiger partial charge in [0, 0.05) is 30.8 Å². The van der Waals surface area contributed by atoms with Crippen LogP contribution in [0.2, 0.25) is 0 Å². The molecule has 0 unspecified atom stereocenters. The van der Waals surface area contributed by atoms with Gasteiger partial charge in [-0.05, 0) is 30.3 Å². The Morgan fingerprint density at radius 1 is 1.15 bits per heavy atom. The molecule has 0 aliphatic heterocycles. The summed E-state index contributed by atoms with van der Waals surface area (Å²) in [7, 11) is 1.57. The smallest absolute Gasteiger partial charge is 0.383 e. The number of hydrogen-bond donors (Lipinski definition) is 1. The number of nitrogens with one attached hydrogen (secondary N) is 1. The van der Waals surface area contributed by atoms with Crippen molar-refractivity contribution in [3.8, 4) is 11.4 Å². The molecule has 0 aliphatic carbocycles. The van der Waals surface area contributed by atoms with Gasteiger partial charge in [0.2, 0.25) is 5.95 Å². The van der Waals surface area contributed by atoms with Crippen LogP contribution in [0.25, 0.3) is 11.4 Å². The predicted octanol–water partition coefficient (Wildman–Crippen LogP) is 3.75. The number of alkyl halides is 3. The lowest BCUT2D eigenvalue weighted by atomic mass is 10.2. The summed E-state index contributed by atoms with van der Waals surface area (Å²) in [5.41, 5.74) is 0.307. The highest BCUT2D eigenvalue weighted by Crippen LogP contribution is 2.31. The predicted molar refractivity (Wildman–Crippen MR) is 89.9 cm³/mol. The van der Waals surface area contributed by atoms with Gasteiger partial charge in [0.25, 0.3) is 0 Å². The molecule has 1 aromatic carbocycles. The van der Waals surface area contributed by atoms with Gasteiger partial charge in [-0.15, -0.1) is 5.10 Å². The quantitative estimate of drug-likeness (QED) is 0.723. The molecule has 1 N–H and O–H groups in total. The number of benzene rings is 1. The highest BCUT2D eigenvalue weighted by atomic mass is 19.4. The number of aromatic nitrogens is 4. The zero-order valence-corrected chi connectivity index (χ0v) is 13.9. The molecule has 0 saturated heterocycles. The third-order valence-corrected chi connectivity index (χ3v) is 3.56. The van der Waals surface area contributed by atoms with Crippen LogP contribution in [0.1, 0.15) is 5.56 Å². The van der Waals surface area contributed by atoms with Crippen molar-refractivity contribution in [3.05, 3.63) is 54.4 Å². The highest BCUT2D eigenvalue weighted by molar-refractivity contribution is 5.60. The van der Waals surface area contributed by atoms with Crippen molar-refractivity contribution in [3.63, 3.8) is 0 Å². The van der Waals surface area contributed by atoms with Crippen molar-refractivity contribution in [1.29, 1.82) is 0 Å². The second-order valence-electron chi connectivity index (χ2n) is 5.41. The number of rotatable bonds is 6. The molecule has 2 heterocycles. The van der Waals surface area contributed by atoms with Crippen LogP contribution >= 0.6 is 0 Å². The lowest BCUT2D eigenvalue weighted by Crippen LogP contribution is -2.08. The van der Waals surface area contributed by atoms with Crippen molar-refractivity contribution in [2.45, 2.75) is 12.7 Å². The summed E-state index contributed by atoms with van der Waals surface area (Å²) in [6.45, 7) is 0.871. The van der Waals surface area contributed by atoms with Gasteiger partial charge in [-0.3, -0.25) is 4.98 Å². The lowest BCUT2D eigenvalue weighted by molar-refractivity contribution is -0.137. The second kappa shape index (κ2) is 7.52. The van der Waals surface area contributed by atoms with Gasteiger partial charge in [0.05, 0.1) is 18.7 Å². The minimum absolute atomic E-state index is 0.201. The van der Waals surface area contributed by atoms with Gasteiger partial charge in [-0.1, -0.05) is 6.07 Å². The van der Waals surface area contributed by atoms with Crippen LogP contribution in [0, 0.1) is 0 Å². The Labute approximate surface area is 147 Å². The molecule has 0 amide bonds. The maximum Gasteiger partial charge on any atom is 0.416 e. The molecule has 136 valence electrons. The van der Waals surface area contributed by atoms with E-state index in [1.165, 1.54) is 12.1 Å². The SMILES string of the molecule is COCCn1nc(Nc2cccc(C(F)(F)F)c2)nc1-c1ccncc1. The fourth-order valence-corrected chi connectivity index (χ4v) is 2.35. The molecule has 3 aromatic rings. The molecule has 0 saturated carbocycles. The summed E-state index contributed by atoms with van der Waals surface area (Å²) < 4.78 is 45.3. The van der Waals surface area contributed by atoms with Crippen molar-refractivity contribution < 1.29 is 17.9 Å². The summed E-state index contributed by atoms with van der Waals surface area (Å²) in [6, 6.07) is 8.44. The van der Waals surface area contributed by atoms with Gasteiger partial charge in [-0.25, -0.2) is 4.68 Å². The summed E-state index contributed by atoms with van der Waals surface area (Å²) in [6.07, 6.45) is -1.15. The number of anilines is 2. The molecule has 2 aromatic heterocycles. The molecular weight excluding hydrogens is 347 g/mol. The molecule has 0 bridgehead atoms. The van der Waals surface area contributed by atoms with E-state index in [1.54, 1.807) is 36.3 Å². The van der Waals surface area contributed by atoms with Gasteiger partial charge >= 0.3 is 6.18 Å². The number of pyridine rings is 1. The topological polar surface area (TPSA) is 64.9 Å². The fourth-order valence-electron chi connectivity index (χ4n) is 2.35. The van der Waals surface area contributed by atoms with Crippen LogP contribution < -0.4 is 5.32 Å². The van der Waals surface area contributed by atoms with Crippen molar-refractivity contribution in [2.24, 2.45) is 0 Å². The number of nitrogens with zero attached hydrogens (tertiary/aromatic N) is 4. The molecule has 0 fully saturated rings. The summed E-state index contributed by atoms with van der Waals surface area (Å²) in [5.74, 6) is 0.770. The molecule has 0 radical (unpaired) electrons. The van der Waals surface area contributed by atoms with Crippen molar-refractivity contribution in [2.75, 3.05) is 19.0 Å². The first-order valence-corrected chi connectivity index (χ1v) is 7.76. The van der Waals surface area contributed by atoms with E-state index in [0.717, 1.165) is 17.7 Å². The minimum atomic E-state index is -4.41. The summed E-state index contributed by atoms with van der Waals surface area (Å²) in [5, 5.41) is 7.15. The average Bonchev–Trinajstić information content (AvgIpc) is 3.03. The van der Waals surface area contributed by atoms with E-state index < -0.39 is 11.7 Å². The molecule has 0 atom stereocenters. The maximum absolute atomic E-state index is 12.9. The minimum Gasteiger partial charge on any atom is -0.383 e. The van der Waals surface area contributed by atoms with Gasteiger partial charge in [0.15, 0.2) is 5.82 Å². The van der Waals surface area contributed by atoms with Crippen LogP contribution in [0.15, 0.2) is 48.8 Å². The van der Waals surface area contributed by atoms with Crippen molar-refractivity contribution in [1.82, 2.24) is 19.7 Å². The second-order valence-corrected chi connectivity index (χ2v) is 5.41. The van der Waals surface area contributed by atoms with E-state index in [4.69, 9.17) is 4.74 Å². The fraction of sp³-hybridized carbons (Fsp3) is 0.235. The van der Waals surface area contributed by atoms with E-state index in [1.807, 2.05) is 0 Å². The van der Waals surface area contributed by atoms with E-state index in [0.29, 0.717) is 19.0 Å². The molecule has 26 heavy (non-hydrogen) atoms. The molecule has 9 heteroatoms. The Hall–Kier alpha value is -2.94. The number of methoxy groups -OCH3 is 1. The van der Waals surface area contributed by atoms with E-state index in [-0.39, 0.29) is 11.6 Å². The van der Waals surface area contributed by atoms with Crippen molar-refractivity contribution >= 4 is 11.6 Å². The third kappa shape index (κ3) is 4.17. The summed E-state index contributed by atoms with van der Waals surface area (Å²) in [4.78, 5) is 8.36. The molecule has 0 spiro atoms. The summed E-state index contributed by atoms with van der Waals surface area (Å²) >= 11 is 0. The number of hydrogen-bond acceptors (Lipinski definition) is 5. The molecule has 0 aliphatic rings. The van der Waals surface area contributed by atoms with Crippen LogP contribution in [-0.4, -0.2) is 33.5 Å². The van der Waals surface area contributed by atoms with Crippen LogP contribution in [0.4, 0.5) is 24.8 Å². The lowest BCUT2D eigenvalue weighted by Gasteiger charge is -2.08. The third-order valence-electron chi connectivity index (χ3n) is 3.56. The molecule has 6 nitrogen and oxygen atoms in total. The Kier molecular flexibility index (Phi) is 5.17. The number of halogens is 3. The Bertz CT molecular complexity index is 864. The van der Waals surface area contributed by atoms with E-state index in [2.05, 4.69) is 20.4 Å². The van der Waals surface area contributed by atoms with Gasteiger partial charge in [-0.2, -0.15) is 18.2 Å². The standard InChI is InChI=1S/C17H16F3N5O/c1-26-10-9-25-15(12-5-7-21-8-6-12)23-16(24-25)22-14-4-2-3-13(11-14)17(18,19)20/h2-8,11H,9-10H2,1H3,(H,22,24). The maximum atomic E-state index is 12.9. The first-order chi connectivity index (χ1) is 12.5. The van der Waals surface area contributed by atoms with Crippen LogP contribution in [0.5, 0.6) is 0 Å². The Balaban J connectivity index is 1.90. The number of ether oxygens (including phenoxy) is 1. The molecular formula is C17H16F3N5O. The van der Waals surface area contributed by atoms with Gasteiger partial charge < -0.3 is 10.1 Å². The zero-order valence-electron chi connectivity index (χ0n) is 13.9. The van der Waals surface area contributed by atoms with E-state index in [9.17, 15) is 13.2 Å². The zero-order chi connectivity index (χ0) is 18.6.